The molecule has 0 bridgehead atoms. The van der Waals surface area contributed by atoms with Crippen LogP contribution in [0, 0.1) is 13.8 Å². The molecule has 1 N–H and O–H groups in total. The number of aryl methyl sites for hydroxylation is 2. The van der Waals surface area contributed by atoms with Gasteiger partial charge >= 0.3 is 0 Å². The second kappa shape index (κ2) is 6.21. The van der Waals surface area contributed by atoms with E-state index < -0.39 is 0 Å². The first-order chi connectivity index (χ1) is 8.65. The van der Waals surface area contributed by atoms with E-state index in [-0.39, 0.29) is 0 Å². The van der Waals surface area contributed by atoms with Crippen LogP contribution < -0.4 is 10.1 Å². The number of nitrogens with one attached hydrogen (secondary N) is 1. The predicted octanol–water partition coefficient (Wildman–Crippen LogP) is 1.98. The number of benzene rings is 1. The zero-order valence-electron chi connectivity index (χ0n) is 11.7. The number of hydrogen-bond donors (Lipinski definition) is 1. The van der Waals surface area contributed by atoms with Crippen molar-refractivity contribution < 1.29 is 4.74 Å². The molecule has 1 aliphatic heterocycles. The zero-order chi connectivity index (χ0) is 13.0. The van der Waals surface area contributed by atoms with E-state index >= 15 is 0 Å². The van der Waals surface area contributed by atoms with Crippen molar-refractivity contribution in [3.05, 3.63) is 29.3 Å². The van der Waals surface area contributed by atoms with Gasteiger partial charge in [-0.1, -0.05) is 6.07 Å². The van der Waals surface area contributed by atoms with Gasteiger partial charge in [0.15, 0.2) is 0 Å². The molecule has 0 radical (unpaired) electrons. The maximum absolute atomic E-state index is 5.86. The zero-order valence-corrected chi connectivity index (χ0v) is 11.7. The standard InChI is InChI=1S/C15H24N2O/c1-12-8-13(2)10-15(9-12)18-7-6-17-5-4-16-11-14(17)3/h8-10,14,16H,4-7,11H2,1-3H3. The lowest BCUT2D eigenvalue weighted by Crippen LogP contribution is -2.50. The van der Waals surface area contributed by atoms with Crippen LogP contribution in [0.4, 0.5) is 0 Å². The summed E-state index contributed by atoms with van der Waals surface area (Å²) < 4.78 is 5.86. The molecule has 0 amide bonds. The maximum Gasteiger partial charge on any atom is 0.119 e. The second-order valence-corrected chi connectivity index (χ2v) is 5.26. The van der Waals surface area contributed by atoms with Gasteiger partial charge in [-0.15, -0.1) is 0 Å². The summed E-state index contributed by atoms with van der Waals surface area (Å²) in [4.78, 5) is 2.49. The van der Waals surface area contributed by atoms with Gasteiger partial charge in [0, 0.05) is 32.2 Å². The van der Waals surface area contributed by atoms with E-state index in [1.165, 1.54) is 11.1 Å². The van der Waals surface area contributed by atoms with Crippen molar-refractivity contribution in [2.45, 2.75) is 26.8 Å². The van der Waals surface area contributed by atoms with Crippen LogP contribution in [0.3, 0.4) is 0 Å². The van der Waals surface area contributed by atoms with Gasteiger partial charge in [-0.3, -0.25) is 4.90 Å². The molecular formula is C15H24N2O. The van der Waals surface area contributed by atoms with Gasteiger partial charge < -0.3 is 10.1 Å². The predicted molar refractivity (Wildman–Crippen MR) is 75.3 cm³/mol. The molecule has 1 aromatic rings. The monoisotopic (exact) mass is 248 g/mol. The van der Waals surface area contributed by atoms with Crippen LogP contribution in [0.15, 0.2) is 18.2 Å². The van der Waals surface area contributed by atoms with E-state index in [4.69, 9.17) is 4.74 Å². The quantitative estimate of drug-likeness (QED) is 0.882. The number of piperazine rings is 1. The van der Waals surface area contributed by atoms with Gasteiger partial charge in [0.05, 0.1) is 0 Å². The summed E-state index contributed by atoms with van der Waals surface area (Å²) in [6.45, 7) is 11.6. The Bertz CT molecular complexity index is 372. The lowest BCUT2D eigenvalue weighted by Gasteiger charge is -2.33. The van der Waals surface area contributed by atoms with Crippen molar-refractivity contribution in [3.63, 3.8) is 0 Å². The second-order valence-electron chi connectivity index (χ2n) is 5.26. The molecule has 0 aromatic heterocycles. The highest BCUT2D eigenvalue weighted by molar-refractivity contribution is 5.32. The third kappa shape index (κ3) is 3.72. The molecule has 1 atom stereocenters. The van der Waals surface area contributed by atoms with Gasteiger partial charge in [-0.25, -0.2) is 0 Å². The minimum atomic E-state index is 0.613. The van der Waals surface area contributed by atoms with Crippen molar-refractivity contribution in [3.8, 4) is 5.75 Å². The third-order valence-electron chi connectivity index (χ3n) is 3.48. The molecule has 1 unspecified atom stereocenters. The van der Waals surface area contributed by atoms with Crippen LogP contribution in [-0.2, 0) is 0 Å². The van der Waals surface area contributed by atoms with Crippen molar-refractivity contribution in [2.24, 2.45) is 0 Å². The number of rotatable bonds is 4. The van der Waals surface area contributed by atoms with Gasteiger partial charge in [-0.2, -0.15) is 0 Å². The first-order valence-corrected chi connectivity index (χ1v) is 6.81. The molecule has 1 saturated heterocycles. The fourth-order valence-corrected chi connectivity index (χ4v) is 2.51. The van der Waals surface area contributed by atoms with Crippen molar-refractivity contribution in [1.29, 1.82) is 0 Å². The molecule has 0 aliphatic carbocycles. The highest BCUT2D eigenvalue weighted by atomic mass is 16.5. The largest absolute Gasteiger partial charge is 0.492 e. The average Bonchev–Trinajstić information content (AvgIpc) is 2.30. The highest BCUT2D eigenvalue weighted by Crippen LogP contribution is 2.16. The van der Waals surface area contributed by atoms with Crippen molar-refractivity contribution in [2.75, 3.05) is 32.8 Å². The first-order valence-electron chi connectivity index (χ1n) is 6.81. The summed E-state index contributed by atoms with van der Waals surface area (Å²) in [5.74, 6) is 0.996. The SMILES string of the molecule is Cc1cc(C)cc(OCCN2CCNCC2C)c1. The molecule has 1 aliphatic rings. The van der Waals surface area contributed by atoms with Crippen LogP contribution >= 0.6 is 0 Å². The van der Waals surface area contributed by atoms with Crippen LogP contribution in [0.2, 0.25) is 0 Å². The van der Waals surface area contributed by atoms with Crippen LogP contribution in [0.25, 0.3) is 0 Å². The summed E-state index contributed by atoms with van der Waals surface area (Å²) in [5.41, 5.74) is 2.53. The summed E-state index contributed by atoms with van der Waals surface area (Å²) in [6, 6.07) is 7.00. The number of nitrogens with zero attached hydrogens (tertiary/aromatic N) is 1. The Labute approximate surface area is 110 Å². The highest BCUT2D eigenvalue weighted by Gasteiger charge is 2.17. The first kappa shape index (κ1) is 13.4. The number of hydrogen-bond acceptors (Lipinski definition) is 3. The fraction of sp³-hybridized carbons (Fsp3) is 0.600. The molecule has 3 nitrogen and oxygen atoms in total. The summed E-state index contributed by atoms with van der Waals surface area (Å²) >= 11 is 0. The molecular weight excluding hydrogens is 224 g/mol. The molecule has 0 spiro atoms. The lowest BCUT2D eigenvalue weighted by atomic mass is 10.1. The normalized spacial score (nSPS) is 20.9. The molecule has 1 fully saturated rings. The Morgan fingerprint density at radius 1 is 1.28 bits per heavy atom. The van der Waals surface area contributed by atoms with E-state index in [9.17, 15) is 0 Å². The molecule has 1 aromatic carbocycles. The topological polar surface area (TPSA) is 24.5 Å². The van der Waals surface area contributed by atoms with Crippen molar-refractivity contribution in [1.82, 2.24) is 10.2 Å². The smallest absolute Gasteiger partial charge is 0.119 e. The van der Waals surface area contributed by atoms with Crippen LogP contribution in [-0.4, -0.2) is 43.7 Å². The third-order valence-corrected chi connectivity index (χ3v) is 3.48. The van der Waals surface area contributed by atoms with E-state index in [1.54, 1.807) is 0 Å². The van der Waals surface area contributed by atoms with Gasteiger partial charge in [0.25, 0.3) is 0 Å². The summed E-state index contributed by atoms with van der Waals surface area (Å²) in [6.07, 6.45) is 0. The minimum absolute atomic E-state index is 0.613. The molecule has 3 heteroatoms. The summed E-state index contributed by atoms with van der Waals surface area (Å²) in [7, 11) is 0. The average molecular weight is 248 g/mol. The van der Waals surface area contributed by atoms with E-state index in [0.717, 1.165) is 38.5 Å². The van der Waals surface area contributed by atoms with Crippen molar-refractivity contribution >= 4 is 0 Å². The van der Waals surface area contributed by atoms with Crippen LogP contribution in [0.5, 0.6) is 5.75 Å². The Balaban J connectivity index is 1.80. The maximum atomic E-state index is 5.86. The Hall–Kier alpha value is -1.06. The number of ether oxygens (including phenoxy) is 1. The molecule has 2 rings (SSSR count). The lowest BCUT2D eigenvalue weighted by molar-refractivity contribution is 0.143. The fourth-order valence-electron chi connectivity index (χ4n) is 2.51. The Kier molecular flexibility index (Phi) is 4.61. The minimum Gasteiger partial charge on any atom is -0.492 e. The van der Waals surface area contributed by atoms with Gasteiger partial charge in [0.2, 0.25) is 0 Å². The molecule has 0 saturated carbocycles. The van der Waals surface area contributed by atoms with E-state index in [2.05, 4.69) is 49.2 Å². The molecule has 100 valence electrons. The van der Waals surface area contributed by atoms with E-state index in [0.29, 0.717) is 6.04 Å². The summed E-state index contributed by atoms with van der Waals surface area (Å²) in [5, 5.41) is 3.41. The van der Waals surface area contributed by atoms with Gasteiger partial charge in [-0.05, 0) is 44.0 Å². The van der Waals surface area contributed by atoms with Gasteiger partial charge in [0.1, 0.15) is 12.4 Å². The molecule has 18 heavy (non-hydrogen) atoms. The van der Waals surface area contributed by atoms with Crippen LogP contribution in [0.1, 0.15) is 18.1 Å². The Morgan fingerprint density at radius 2 is 2.00 bits per heavy atom. The molecule has 1 heterocycles. The Morgan fingerprint density at radius 3 is 2.67 bits per heavy atom. The van der Waals surface area contributed by atoms with E-state index in [1.807, 2.05) is 0 Å².